The lowest BCUT2D eigenvalue weighted by Gasteiger charge is -2.35. The fraction of sp³-hybridized carbons (Fsp3) is 0.533. The number of carbonyl (C=O) groups is 1. The number of hydrogen-bond acceptors (Lipinski definition) is 3. The van der Waals surface area contributed by atoms with E-state index in [1.165, 1.54) is 0 Å². The number of hydrogen-bond donors (Lipinski definition) is 2. The Labute approximate surface area is 114 Å². The molecule has 0 aliphatic carbocycles. The summed E-state index contributed by atoms with van der Waals surface area (Å²) in [5.41, 5.74) is 1.24. The number of benzene rings is 1. The van der Waals surface area contributed by atoms with Crippen molar-refractivity contribution < 1.29 is 9.90 Å². The molecule has 2 rings (SSSR count). The molecule has 1 aliphatic rings. The first-order valence-corrected chi connectivity index (χ1v) is 6.90. The van der Waals surface area contributed by atoms with Gasteiger partial charge in [0.05, 0.1) is 5.56 Å². The van der Waals surface area contributed by atoms with E-state index < -0.39 is 5.97 Å². The van der Waals surface area contributed by atoms with Gasteiger partial charge in [0.15, 0.2) is 0 Å². The van der Waals surface area contributed by atoms with Crippen LogP contribution in [0, 0.1) is 0 Å². The monoisotopic (exact) mass is 262 g/mol. The highest BCUT2D eigenvalue weighted by molar-refractivity contribution is 5.88. The molecule has 1 aromatic carbocycles. The molecule has 1 saturated heterocycles. The summed E-state index contributed by atoms with van der Waals surface area (Å²) in [4.78, 5) is 13.4. The second-order valence-electron chi connectivity index (χ2n) is 5.43. The van der Waals surface area contributed by atoms with Gasteiger partial charge in [0.2, 0.25) is 0 Å². The lowest BCUT2D eigenvalue weighted by molar-refractivity contribution is 0.0697. The summed E-state index contributed by atoms with van der Waals surface area (Å²) in [6.45, 7) is 6.66. The molecular formula is C15H22N2O2. The molecule has 0 saturated carbocycles. The van der Waals surface area contributed by atoms with E-state index in [9.17, 15) is 4.79 Å². The summed E-state index contributed by atoms with van der Waals surface area (Å²) in [5, 5.41) is 12.4. The van der Waals surface area contributed by atoms with Crippen LogP contribution in [-0.4, -0.2) is 41.1 Å². The van der Waals surface area contributed by atoms with E-state index in [1.54, 1.807) is 18.2 Å². The van der Waals surface area contributed by atoms with Gasteiger partial charge in [-0.15, -0.1) is 0 Å². The molecule has 0 unspecified atom stereocenters. The first-order chi connectivity index (χ1) is 9.06. The van der Waals surface area contributed by atoms with E-state index in [0.717, 1.165) is 31.6 Å². The molecule has 104 valence electrons. The zero-order chi connectivity index (χ0) is 13.8. The van der Waals surface area contributed by atoms with E-state index in [2.05, 4.69) is 24.1 Å². The van der Waals surface area contributed by atoms with E-state index in [0.29, 0.717) is 17.6 Å². The van der Waals surface area contributed by atoms with Crippen LogP contribution < -0.4 is 5.32 Å². The number of piperidine rings is 1. The van der Waals surface area contributed by atoms with E-state index in [-0.39, 0.29) is 0 Å². The van der Waals surface area contributed by atoms with Gasteiger partial charge in [-0.3, -0.25) is 0 Å². The number of rotatable bonds is 4. The molecule has 0 radical (unpaired) electrons. The van der Waals surface area contributed by atoms with Crippen molar-refractivity contribution in [2.75, 3.05) is 18.4 Å². The summed E-state index contributed by atoms with van der Waals surface area (Å²) in [6, 6.07) is 8.10. The van der Waals surface area contributed by atoms with E-state index in [4.69, 9.17) is 5.11 Å². The minimum absolute atomic E-state index is 0.338. The standard InChI is InChI=1S/C15H22N2O2/c1-11(2)17-8-6-13(7-9-17)16-14-5-3-4-12(10-14)15(18)19/h3-5,10-11,13,16H,6-9H2,1-2H3,(H,18,19). The Bertz CT molecular complexity index is 438. The van der Waals surface area contributed by atoms with Gasteiger partial charge in [0.25, 0.3) is 0 Å². The highest BCUT2D eigenvalue weighted by Gasteiger charge is 2.20. The normalized spacial score (nSPS) is 17.6. The maximum atomic E-state index is 10.9. The van der Waals surface area contributed by atoms with Gasteiger partial charge in [-0.05, 0) is 44.9 Å². The molecule has 0 bridgehead atoms. The predicted octanol–water partition coefficient (Wildman–Crippen LogP) is 2.67. The third-order valence-electron chi connectivity index (χ3n) is 3.74. The fourth-order valence-electron chi connectivity index (χ4n) is 2.54. The zero-order valence-corrected chi connectivity index (χ0v) is 11.6. The van der Waals surface area contributed by atoms with Crippen molar-refractivity contribution in [3.63, 3.8) is 0 Å². The van der Waals surface area contributed by atoms with Gasteiger partial charge in [0, 0.05) is 30.9 Å². The average Bonchev–Trinajstić information content (AvgIpc) is 2.39. The number of carboxylic acids is 1. The number of anilines is 1. The quantitative estimate of drug-likeness (QED) is 0.876. The molecule has 0 amide bonds. The molecule has 4 heteroatoms. The first-order valence-electron chi connectivity index (χ1n) is 6.90. The van der Waals surface area contributed by atoms with E-state index in [1.807, 2.05) is 6.07 Å². The first kappa shape index (κ1) is 13.9. The van der Waals surface area contributed by atoms with Crippen LogP contribution in [-0.2, 0) is 0 Å². The van der Waals surface area contributed by atoms with Crippen molar-refractivity contribution >= 4 is 11.7 Å². The molecular weight excluding hydrogens is 240 g/mol. The lowest BCUT2D eigenvalue weighted by atomic mass is 10.0. The molecule has 0 atom stereocenters. The van der Waals surface area contributed by atoms with Crippen LogP contribution in [0.1, 0.15) is 37.0 Å². The number of nitrogens with one attached hydrogen (secondary N) is 1. The molecule has 1 aromatic rings. The Balaban J connectivity index is 1.92. The average molecular weight is 262 g/mol. The Hall–Kier alpha value is -1.55. The Kier molecular flexibility index (Phi) is 4.43. The van der Waals surface area contributed by atoms with Crippen LogP contribution >= 0.6 is 0 Å². The van der Waals surface area contributed by atoms with Crippen molar-refractivity contribution in [2.45, 2.75) is 38.8 Å². The molecule has 2 N–H and O–H groups in total. The van der Waals surface area contributed by atoms with Crippen molar-refractivity contribution in [3.05, 3.63) is 29.8 Å². The summed E-state index contributed by atoms with van der Waals surface area (Å²) in [5.74, 6) is -0.877. The number of carboxylic acid groups (broad SMARTS) is 1. The molecule has 19 heavy (non-hydrogen) atoms. The Morgan fingerprint density at radius 3 is 2.63 bits per heavy atom. The lowest BCUT2D eigenvalue weighted by Crippen LogP contribution is -2.42. The molecule has 0 spiro atoms. The number of aromatic carboxylic acids is 1. The third kappa shape index (κ3) is 3.70. The van der Waals surface area contributed by atoms with Gasteiger partial charge in [0.1, 0.15) is 0 Å². The van der Waals surface area contributed by atoms with Crippen molar-refractivity contribution in [1.82, 2.24) is 4.90 Å². The highest BCUT2D eigenvalue weighted by Crippen LogP contribution is 2.18. The Morgan fingerprint density at radius 2 is 2.05 bits per heavy atom. The van der Waals surface area contributed by atoms with Crippen molar-refractivity contribution in [2.24, 2.45) is 0 Å². The predicted molar refractivity (Wildman–Crippen MR) is 76.8 cm³/mol. The fourth-order valence-corrected chi connectivity index (χ4v) is 2.54. The smallest absolute Gasteiger partial charge is 0.335 e. The summed E-state index contributed by atoms with van der Waals surface area (Å²) in [7, 11) is 0. The maximum Gasteiger partial charge on any atom is 0.335 e. The molecule has 1 aliphatic heterocycles. The molecule has 1 fully saturated rings. The van der Waals surface area contributed by atoms with Crippen molar-refractivity contribution in [3.8, 4) is 0 Å². The second kappa shape index (κ2) is 6.06. The minimum Gasteiger partial charge on any atom is -0.478 e. The van der Waals surface area contributed by atoms with Gasteiger partial charge in [-0.1, -0.05) is 6.07 Å². The van der Waals surface area contributed by atoms with E-state index >= 15 is 0 Å². The SMILES string of the molecule is CC(C)N1CCC(Nc2cccc(C(=O)O)c2)CC1. The molecule has 1 heterocycles. The van der Waals surface area contributed by atoms with Gasteiger partial charge < -0.3 is 15.3 Å². The van der Waals surface area contributed by atoms with Crippen LogP contribution in [0.5, 0.6) is 0 Å². The number of nitrogens with zero attached hydrogens (tertiary/aromatic N) is 1. The number of likely N-dealkylation sites (tertiary alicyclic amines) is 1. The van der Waals surface area contributed by atoms with Crippen LogP contribution in [0.25, 0.3) is 0 Å². The second-order valence-corrected chi connectivity index (χ2v) is 5.43. The van der Waals surface area contributed by atoms with Gasteiger partial charge in [-0.2, -0.15) is 0 Å². The maximum absolute atomic E-state index is 10.9. The summed E-state index contributed by atoms with van der Waals surface area (Å²) in [6.07, 6.45) is 2.21. The van der Waals surface area contributed by atoms with Crippen LogP contribution in [0.3, 0.4) is 0 Å². The summed E-state index contributed by atoms with van der Waals surface area (Å²) < 4.78 is 0. The van der Waals surface area contributed by atoms with Crippen LogP contribution in [0.15, 0.2) is 24.3 Å². The van der Waals surface area contributed by atoms with Gasteiger partial charge in [-0.25, -0.2) is 4.79 Å². The third-order valence-corrected chi connectivity index (χ3v) is 3.74. The minimum atomic E-state index is -0.877. The van der Waals surface area contributed by atoms with Crippen LogP contribution in [0.2, 0.25) is 0 Å². The van der Waals surface area contributed by atoms with Crippen LogP contribution in [0.4, 0.5) is 5.69 Å². The summed E-state index contributed by atoms with van der Waals surface area (Å²) >= 11 is 0. The van der Waals surface area contributed by atoms with Gasteiger partial charge >= 0.3 is 5.97 Å². The highest BCUT2D eigenvalue weighted by atomic mass is 16.4. The largest absolute Gasteiger partial charge is 0.478 e. The van der Waals surface area contributed by atoms with Crippen molar-refractivity contribution in [1.29, 1.82) is 0 Å². The molecule has 0 aromatic heterocycles. The molecule has 4 nitrogen and oxygen atoms in total. The topological polar surface area (TPSA) is 52.6 Å². The zero-order valence-electron chi connectivity index (χ0n) is 11.6. The Morgan fingerprint density at radius 1 is 1.37 bits per heavy atom.